The van der Waals surface area contributed by atoms with Gasteiger partial charge in [0.25, 0.3) is 5.91 Å². The number of nitrogens with zero attached hydrogens (tertiary/aromatic N) is 3. The summed E-state index contributed by atoms with van der Waals surface area (Å²) in [6, 6.07) is 7.43. The van der Waals surface area contributed by atoms with E-state index in [-0.39, 0.29) is 24.2 Å². The van der Waals surface area contributed by atoms with Gasteiger partial charge in [-0.2, -0.15) is 9.97 Å². The molecule has 27 heavy (non-hydrogen) atoms. The Bertz CT molecular complexity index is 1060. The number of hydrogen-bond acceptors (Lipinski definition) is 7. The summed E-state index contributed by atoms with van der Waals surface area (Å²) in [5.74, 6) is 0.753. The second-order valence-electron chi connectivity index (χ2n) is 5.95. The third kappa shape index (κ3) is 3.41. The number of aromatic nitrogens is 4. The van der Waals surface area contributed by atoms with Crippen LogP contribution in [0.2, 0.25) is 0 Å². The van der Waals surface area contributed by atoms with Gasteiger partial charge in [-0.1, -0.05) is 12.1 Å². The molecule has 1 aliphatic rings. The summed E-state index contributed by atoms with van der Waals surface area (Å²) in [4.78, 5) is 35.7. The number of ether oxygens (including phenoxy) is 2. The Kier molecular flexibility index (Phi) is 4.37. The van der Waals surface area contributed by atoms with Gasteiger partial charge in [0.05, 0.1) is 13.1 Å². The number of amides is 1. The third-order valence-corrected chi connectivity index (χ3v) is 4.10. The summed E-state index contributed by atoms with van der Waals surface area (Å²) < 4.78 is 12.5. The summed E-state index contributed by atoms with van der Waals surface area (Å²) in [6.07, 6.45) is 0. The van der Waals surface area contributed by atoms with E-state index in [0.29, 0.717) is 42.4 Å². The Morgan fingerprint density at radius 3 is 2.96 bits per heavy atom. The number of carbonyl (C=O) groups is 1. The molecule has 1 aromatic carbocycles. The minimum atomic E-state index is -0.318. The fourth-order valence-electron chi connectivity index (χ4n) is 2.86. The molecule has 3 N–H and O–H groups in total. The Morgan fingerprint density at radius 1 is 1.22 bits per heavy atom. The lowest BCUT2D eigenvalue weighted by Gasteiger charge is -2.09. The van der Waals surface area contributed by atoms with E-state index in [1.807, 2.05) is 24.3 Å². The lowest BCUT2D eigenvalue weighted by atomic mass is 10.2. The van der Waals surface area contributed by atoms with Crippen molar-refractivity contribution in [2.24, 2.45) is 0 Å². The standard InChI is InChI=1S/C17H18N6O4/c1-18-14-13-15-22-16(21-14)27-9-12(24)19-5-6-26-11-4-2-3-10(7-11)8-23(15)17(25)20-13/h2-4,7H,5-6,8-9H2,1H3,(H,19,24)(H,20,25)(H,18,21,22). The maximum atomic E-state index is 12.5. The number of aromatic amines is 1. The predicted molar refractivity (Wildman–Crippen MR) is 97.2 cm³/mol. The highest BCUT2D eigenvalue weighted by Crippen LogP contribution is 2.21. The van der Waals surface area contributed by atoms with Gasteiger partial charge >= 0.3 is 11.7 Å². The number of benzene rings is 1. The van der Waals surface area contributed by atoms with Crippen molar-refractivity contribution in [1.82, 2.24) is 24.8 Å². The first kappa shape index (κ1) is 16.9. The van der Waals surface area contributed by atoms with E-state index < -0.39 is 0 Å². The molecule has 0 atom stereocenters. The quantitative estimate of drug-likeness (QED) is 0.555. The van der Waals surface area contributed by atoms with Crippen LogP contribution in [0, 0.1) is 0 Å². The van der Waals surface area contributed by atoms with Crippen molar-refractivity contribution in [3.63, 3.8) is 0 Å². The smallest absolute Gasteiger partial charge is 0.328 e. The zero-order chi connectivity index (χ0) is 18.8. The van der Waals surface area contributed by atoms with Crippen molar-refractivity contribution < 1.29 is 14.3 Å². The molecule has 4 rings (SSSR count). The van der Waals surface area contributed by atoms with Crippen LogP contribution in [0.1, 0.15) is 5.56 Å². The SMILES string of the molecule is CNc1nc2nc3c1[nH]c(=O)n3Cc1cccc(c1)OCCNC(=O)CO2. The molecule has 10 nitrogen and oxygen atoms in total. The molecular weight excluding hydrogens is 352 g/mol. The molecule has 3 heterocycles. The highest BCUT2D eigenvalue weighted by Gasteiger charge is 2.17. The van der Waals surface area contributed by atoms with Gasteiger partial charge in [-0.25, -0.2) is 4.79 Å². The van der Waals surface area contributed by atoms with Gasteiger partial charge in [0.2, 0.25) is 0 Å². The monoisotopic (exact) mass is 370 g/mol. The molecule has 4 bridgehead atoms. The van der Waals surface area contributed by atoms with Gasteiger partial charge in [-0.15, -0.1) is 0 Å². The second-order valence-corrected chi connectivity index (χ2v) is 5.95. The maximum Gasteiger partial charge on any atom is 0.328 e. The first-order valence-corrected chi connectivity index (χ1v) is 8.43. The number of anilines is 1. The number of H-pyrrole nitrogens is 1. The van der Waals surface area contributed by atoms with Crippen LogP contribution in [0.15, 0.2) is 29.1 Å². The summed E-state index contributed by atoms with van der Waals surface area (Å²) in [5, 5.41) is 5.61. The van der Waals surface area contributed by atoms with Crippen molar-refractivity contribution >= 4 is 22.9 Å². The maximum absolute atomic E-state index is 12.5. The second kappa shape index (κ2) is 6.98. The average molecular weight is 370 g/mol. The first-order valence-electron chi connectivity index (χ1n) is 8.43. The van der Waals surface area contributed by atoms with Crippen LogP contribution < -0.4 is 25.8 Å². The molecule has 2 aromatic heterocycles. The average Bonchev–Trinajstić information content (AvgIpc) is 2.98. The molecule has 0 spiro atoms. The van der Waals surface area contributed by atoms with Crippen LogP contribution in [0.4, 0.5) is 5.82 Å². The van der Waals surface area contributed by atoms with Crippen LogP contribution in [0.25, 0.3) is 11.2 Å². The van der Waals surface area contributed by atoms with Gasteiger partial charge in [-0.3, -0.25) is 9.36 Å². The number of imidazole rings is 1. The third-order valence-electron chi connectivity index (χ3n) is 4.10. The lowest BCUT2D eigenvalue weighted by molar-refractivity contribution is -0.123. The van der Waals surface area contributed by atoms with E-state index >= 15 is 0 Å². The van der Waals surface area contributed by atoms with Crippen molar-refractivity contribution in [3.8, 4) is 11.8 Å². The fourth-order valence-corrected chi connectivity index (χ4v) is 2.86. The predicted octanol–water partition coefficient (Wildman–Crippen LogP) is 0.0970. The van der Waals surface area contributed by atoms with Crippen molar-refractivity contribution in [1.29, 1.82) is 0 Å². The van der Waals surface area contributed by atoms with Gasteiger partial charge in [0, 0.05) is 7.05 Å². The normalized spacial score (nSPS) is 14.6. The molecule has 140 valence electrons. The Balaban J connectivity index is 1.84. The number of fused-ring (bicyclic) bond motifs is 3. The van der Waals surface area contributed by atoms with Crippen molar-refractivity contribution in [2.45, 2.75) is 6.54 Å². The van der Waals surface area contributed by atoms with Crippen LogP contribution in [-0.4, -0.2) is 52.2 Å². The van der Waals surface area contributed by atoms with Gasteiger partial charge in [0.1, 0.15) is 17.9 Å². The zero-order valence-corrected chi connectivity index (χ0v) is 14.6. The largest absolute Gasteiger partial charge is 0.492 e. The first-order chi connectivity index (χ1) is 13.1. The van der Waals surface area contributed by atoms with E-state index in [9.17, 15) is 9.59 Å². The summed E-state index contributed by atoms with van der Waals surface area (Å²) in [5.41, 5.74) is 1.41. The van der Waals surface area contributed by atoms with E-state index in [1.165, 1.54) is 4.57 Å². The molecule has 0 fully saturated rings. The minimum absolute atomic E-state index is 0.00891. The van der Waals surface area contributed by atoms with Gasteiger partial charge in [-0.05, 0) is 17.7 Å². The van der Waals surface area contributed by atoms with Crippen molar-refractivity contribution in [2.75, 3.05) is 32.1 Å². The zero-order valence-electron chi connectivity index (χ0n) is 14.6. The topological polar surface area (TPSA) is 123 Å². The molecule has 0 saturated carbocycles. The van der Waals surface area contributed by atoms with E-state index in [0.717, 1.165) is 5.56 Å². The number of nitrogens with one attached hydrogen (secondary N) is 3. The van der Waals surface area contributed by atoms with Crippen LogP contribution in [0.5, 0.6) is 11.8 Å². The molecular formula is C17H18N6O4. The Hall–Kier alpha value is -3.56. The molecule has 0 radical (unpaired) electrons. The van der Waals surface area contributed by atoms with Crippen LogP contribution >= 0.6 is 0 Å². The lowest BCUT2D eigenvalue weighted by Crippen LogP contribution is -2.32. The molecule has 10 heteroatoms. The molecule has 0 saturated heterocycles. The highest BCUT2D eigenvalue weighted by atomic mass is 16.5. The van der Waals surface area contributed by atoms with E-state index in [2.05, 4.69) is 25.6 Å². The summed E-state index contributed by atoms with van der Waals surface area (Å²) in [7, 11) is 1.68. The summed E-state index contributed by atoms with van der Waals surface area (Å²) in [6.45, 7) is 0.718. The van der Waals surface area contributed by atoms with Gasteiger partial charge < -0.3 is 25.1 Å². The highest BCUT2D eigenvalue weighted by molar-refractivity contribution is 5.83. The molecule has 0 unspecified atom stereocenters. The van der Waals surface area contributed by atoms with E-state index in [1.54, 1.807) is 7.05 Å². The molecule has 1 aliphatic heterocycles. The van der Waals surface area contributed by atoms with Crippen LogP contribution in [-0.2, 0) is 11.3 Å². The van der Waals surface area contributed by atoms with Crippen molar-refractivity contribution in [3.05, 3.63) is 40.3 Å². The number of carbonyl (C=O) groups excluding carboxylic acids is 1. The summed E-state index contributed by atoms with van der Waals surface area (Å²) >= 11 is 0. The van der Waals surface area contributed by atoms with Gasteiger partial charge in [0.15, 0.2) is 18.1 Å². The fraction of sp³-hybridized carbons (Fsp3) is 0.294. The molecule has 1 amide bonds. The Morgan fingerprint density at radius 2 is 2.11 bits per heavy atom. The number of hydrogen-bond donors (Lipinski definition) is 3. The minimum Gasteiger partial charge on any atom is -0.492 e. The van der Waals surface area contributed by atoms with E-state index in [4.69, 9.17) is 9.47 Å². The number of rotatable bonds is 1. The molecule has 0 aliphatic carbocycles. The van der Waals surface area contributed by atoms with Crippen LogP contribution in [0.3, 0.4) is 0 Å². The Labute approximate surface area is 153 Å². The molecule has 3 aromatic rings.